The van der Waals surface area contributed by atoms with Gasteiger partial charge in [0.1, 0.15) is 11.4 Å². The van der Waals surface area contributed by atoms with Crippen LogP contribution in [0.5, 0.6) is 5.75 Å². The van der Waals surface area contributed by atoms with Gasteiger partial charge in [-0.25, -0.2) is 0 Å². The van der Waals surface area contributed by atoms with Crippen LogP contribution in [0.25, 0.3) is 0 Å². The summed E-state index contributed by atoms with van der Waals surface area (Å²) in [7, 11) is 1.70. The van der Waals surface area contributed by atoms with Gasteiger partial charge in [-0.05, 0) is 44.9 Å². The van der Waals surface area contributed by atoms with E-state index >= 15 is 0 Å². The van der Waals surface area contributed by atoms with Crippen LogP contribution in [0.4, 0.5) is 5.69 Å². The Balaban J connectivity index is 0.00000320. The highest BCUT2D eigenvalue weighted by atomic mass is 127. The van der Waals surface area contributed by atoms with E-state index in [1.54, 1.807) is 7.05 Å². The number of fused-ring (bicyclic) bond motifs is 1. The lowest BCUT2D eigenvalue weighted by molar-refractivity contribution is -0.117. The summed E-state index contributed by atoms with van der Waals surface area (Å²) in [6.07, 6.45) is 0.902. The fraction of sp³-hybridized carbons (Fsp3) is 0.391. The highest BCUT2D eigenvalue weighted by Crippen LogP contribution is 2.27. The first-order valence-corrected chi connectivity index (χ1v) is 9.97. The molecule has 0 aliphatic carbocycles. The molecule has 0 unspecified atom stereocenters. The van der Waals surface area contributed by atoms with Crippen LogP contribution < -0.4 is 20.3 Å². The standard InChI is InChI=1S/C23H30N4O2.HI/c1-23(2,3)29-20-12-8-6-10-18(20)15-25-22(24-4)26-16-21(28)27-14-13-17-9-5-7-11-19(17)27;/h5-12H,13-16H2,1-4H3,(H2,24,25,26);1H. The van der Waals surface area contributed by atoms with Gasteiger partial charge < -0.3 is 20.3 Å². The molecule has 2 aromatic carbocycles. The molecule has 0 saturated carbocycles. The van der Waals surface area contributed by atoms with E-state index < -0.39 is 0 Å². The number of benzene rings is 2. The summed E-state index contributed by atoms with van der Waals surface area (Å²) in [6.45, 7) is 7.55. The van der Waals surface area contributed by atoms with Crippen molar-refractivity contribution in [2.45, 2.75) is 39.3 Å². The molecule has 2 aromatic rings. The molecule has 1 heterocycles. The third-order valence-corrected chi connectivity index (χ3v) is 4.65. The summed E-state index contributed by atoms with van der Waals surface area (Å²) >= 11 is 0. The third-order valence-electron chi connectivity index (χ3n) is 4.65. The Hall–Kier alpha value is -2.29. The lowest BCUT2D eigenvalue weighted by atomic mass is 10.1. The molecule has 7 heteroatoms. The number of hydrogen-bond donors (Lipinski definition) is 2. The molecule has 0 radical (unpaired) electrons. The van der Waals surface area contributed by atoms with Gasteiger partial charge in [-0.1, -0.05) is 36.4 Å². The van der Waals surface area contributed by atoms with Crippen LogP contribution in [-0.2, 0) is 17.8 Å². The molecular formula is C23H31IN4O2. The van der Waals surface area contributed by atoms with Crippen molar-refractivity contribution in [2.75, 3.05) is 25.0 Å². The lowest BCUT2D eigenvalue weighted by Gasteiger charge is -2.23. The molecule has 3 rings (SSSR count). The van der Waals surface area contributed by atoms with Gasteiger partial charge in [0, 0.05) is 31.4 Å². The number of carbonyl (C=O) groups excluding carboxylic acids is 1. The Labute approximate surface area is 196 Å². The van der Waals surface area contributed by atoms with Crippen LogP contribution in [0.1, 0.15) is 31.9 Å². The van der Waals surface area contributed by atoms with Gasteiger partial charge in [0.25, 0.3) is 0 Å². The maximum absolute atomic E-state index is 12.7. The molecule has 30 heavy (non-hydrogen) atoms. The summed E-state index contributed by atoms with van der Waals surface area (Å²) in [5.74, 6) is 1.46. The molecule has 0 aromatic heterocycles. The van der Waals surface area contributed by atoms with Gasteiger partial charge in [-0.15, -0.1) is 24.0 Å². The Morgan fingerprint density at radius 1 is 1.10 bits per heavy atom. The predicted molar refractivity (Wildman–Crippen MR) is 133 cm³/mol. The van der Waals surface area contributed by atoms with E-state index in [2.05, 4.69) is 21.7 Å². The second-order valence-electron chi connectivity index (χ2n) is 8.03. The molecule has 0 spiro atoms. The average molecular weight is 522 g/mol. The van der Waals surface area contributed by atoms with E-state index in [1.807, 2.05) is 68.1 Å². The second kappa shape index (κ2) is 10.7. The number of anilines is 1. The van der Waals surface area contributed by atoms with Crippen LogP contribution in [0, 0.1) is 0 Å². The Morgan fingerprint density at radius 2 is 1.80 bits per heavy atom. The molecule has 0 saturated heterocycles. The molecule has 0 atom stereocenters. The van der Waals surface area contributed by atoms with E-state index in [9.17, 15) is 4.79 Å². The maximum atomic E-state index is 12.7. The first kappa shape index (κ1) is 24.0. The smallest absolute Gasteiger partial charge is 0.246 e. The van der Waals surface area contributed by atoms with Gasteiger partial charge >= 0.3 is 0 Å². The van der Waals surface area contributed by atoms with Gasteiger partial charge in [0.15, 0.2) is 5.96 Å². The number of nitrogens with one attached hydrogen (secondary N) is 2. The minimum atomic E-state index is -0.269. The first-order chi connectivity index (χ1) is 13.9. The van der Waals surface area contributed by atoms with Crippen LogP contribution >= 0.6 is 24.0 Å². The second-order valence-corrected chi connectivity index (χ2v) is 8.03. The number of amides is 1. The van der Waals surface area contributed by atoms with E-state index in [-0.39, 0.29) is 42.0 Å². The predicted octanol–water partition coefficient (Wildman–Crippen LogP) is 3.74. The zero-order chi connectivity index (χ0) is 20.9. The normalized spacial score (nSPS) is 13.3. The number of para-hydroxylation sites is 2. The number of halogens is 1. The zero-order valence-corrected chi connectivity index (χ0v) is 20.4. The van der Waals surface area contributed by atoms with Crippen molar-refractivity contribution in [3.8, 4) is 5.75 Å². The third kappa shape index (κ3) is 6.35. The SMILES string of the molecule is CN=C(NCC(=O)N1CCc2ccccc21)NCc1ccccc1OC(C)(C)C.I. The first-order valence-electron chi connectivity index (χ1n) is 9.97. The molecule has 2 N–H and O–H groups in total. The van der Waals surface area contributed by atoms with Gasteiger partial charge in [-0.3, -0.25) is 9.79 Å². The number of rotatable bonds is 5. The van der Waals surface area contributed by atoms with Crippen molar-refractivity contribution in [2.24, 2.45) is 4.99 Å². The summed E-state index contributed by atoms with van der Waals surface area (Å²) in [4.78, 5) is 18.7. The summed E-state index contributed by atoms with van der Waals surface area (Å²) < 4.78 is 6.04. The lowest BCUT2D eigenvalue weighted by Crippen LogP contribution is -2.44. The number of nitrogens with zero attached hydrogens (tertiary/aromatic N) is 2. The van der Waals surface area contributed by atoms with Crippen molar-refractivity contribution in [1.29, 1.82) is 0 Å². The molecule has 162 valence electrons. The Bertz CT molecular complexity index is 893. The number of guanidine groups is 1. The number of aliphatic imine (C=N–C) groups is 1. The monoisotopic (exact) mass is 522 g/mol. The fourth-order valence-corrected chi connectivity index (χ4v) is 3.33. The zero-order valence-electron chi connectivity index (χ0n) is 18.1. The van der Waals surface area contributed by atoms with Gasteiger partial charge in [0.05, 0.1) is 6.54 Å². The molecule has 1 aliphatic rings. The van der Waals surface area contributed by atoms with E-state index in [0.717, 1.165) is 30.0 Å². The Morgan fingerprint density at radius 3 is 2.53 bits per heavy atom. The largest absolute Gasteiger partial charge is 0.488 e. The van der Waals surface area contributed by atoms with E-state index in [1.165, 1.54) is 5.56 Å². The average Bonchev–Trinajstić information content (AvgIpc) is 3.12. The molecular weight excluding hydrogens is 491 g/mol. The Kier molecular flexibility index (Phi) is 8.52. The van der Waals surface area contributed by atoms with Crippen molar-refractivity contribution < 1.29 is 9.53 Å². The van der Waals surface area contributed by atoms with Gasteiger partial charge in [-0.2, -0.15) is 0 Å². The highest BCUT2D eigenvalue weighted by molar-refractivity contribution is 14.0. The number of ether oxygens (including phenoxy) is 1. The molecule has 6 nitrogen and oxygen atoms in total. The molecule has 0 bridgehead atoms. The summed E-state index contributed by atoms with van der Waals surface area (Å²) in [6, 6.07) is 16.0. The topological polar surface area (TPSA) is 66.0 Å². The summed E-state index contributed by atoms with van der Waals surface area (Å²) in [5, 5.41) is 6.39. The number of hydrogen-bond acceptors (Lipinski definition) is 3. The summed E-state index contributed by atoms with van der Waals surface area (Å²) in [5.41, 5.74) is 2.99. The van der Waals surface area contributed by atoms with Gasteiger partial charge in [0.2, 0.25) is 5.91 Å². The van der Waals surface area contributed by atoms with E-state index in [4.69, 9.17) is 4.74 Å². The minimum Gasteiger partial charge on any atom is -0.488 e. The molecule has 1 aliphatic heterocycles. The fourth-order valence-electron chi connectivity index (χ4n) is 3.33. The molecule has 1 amide bonds. The van der Waals surface area contributed by atoms with Crippen molar-refractivity contribution >= 4 is 41.5 Å². The van der Waals surface area contributed by atoms with Crippen LogP contribution in [-0.4, -0.2) is 37.6 Å². The van der Waals surface area contributed by atoms with Crippen molar-refractivity contribution in [1.82, 2.24) is 10.6 Å². The number of carbonyl (C=O) groups is 1. The van der Waals surface area contributed by atoms with E-state index in [0.29, 0.717) is 12.5 Å². The van der Waals surface area contributed by atoms with Crippen molar-refractivity contribution in [3.05, 3.63) is 59.7 Å². The maximum Gasteiger partial charge on any atom is 0.246 e. The molecule has 0 fully saturated rings. The van der Waals surface area contributed by atoms with Crippen LogP contribution in [0.3, 0.4) is 0 Å². The van der Waals surface area contributed by atoms with Crippen LogP contribution in [0.15, 0.2) is 53.5 Å². The minimum absolute atomic E-state index is 0. The van der Waals surface area contributed by atoms with Crippen LogP contribution in [0.2, 0.25) is 0 Å². The quantitative estimate of drug-likeness (QED) is 0.357. The highest BCUT2D eigenvalue weighted by Gasteiger charge is 2.24. The van der Waals surface area contributed by atoms with Crippen molar-refractivity contribution in [3.63, 3.8) is 0 Å².